The maximum atomic E-state index is 12.7. The van der Waals surface area contributed by atoms with Gasteiger partial charge >= 0.3 is 12.2 Å². The zero-order chi connectivity index (χ0) is 17.1. The van der Waals surface area contributed by atoms with Crippen LogP contribution in [-0.2, 0) is 22.7 Å². The maximum absolute atomic E-state index is 12.7. The van der Waals surface area contributed by atoms with E-state index in [4.69, 9.17) is 9.47 Å². The molecule has 1 atom stereocenters. The number of carbonyl (C=O) groups is 1. The van der Waals surface area contributed by atoms with Gasteiger partial charge in [-0.05, 0) is 6.92 Å². The number of rotatable bonds is 5. The van der Waals surface area contributed by atoms with Crippen molar-refractivity contribution in [1.82, 2.24) is 14.7 Å². The number of carbonyl (C=O) groups excluding carboxylic acids is 1. The minimum Gasteiger partial charge on any atom is -0.354 e. The fraction of sp³-hybridized carbons (Fsp3) is 0.667. The molecule has 1 N–H and O–H groups in total. The fourth-order valence-corrected chi connectivity index (χ4v) is 1.85. The van der Waals surface area contributed by atoms with Gasteiger partial charge in [0.25, 0.3) is 0 Å². The molecule has 0 saturated heterocycles. The molecule has 0 bridgehead atoms. The lowest BCUT2D eigenvalue weighted by molar-refractivity contribution is -0.143. The molecule has 7 nitrogen and oxygen atoms in total. The van der Waals surface area contributed by atoms with E-state index >= 15 is 0 Å². The molecule has 1 aromatic rings. The summed E-state index contributed by atoms with van der Waals surface area (Å²) in [6.45, 7) is 1.68. The molecule has 22 heavy (non-hydrogen) atoms. The van der Waals surface area contributed by atoms with E-state index in [9.17, 15) is 18.0 Å². The van der Waals surface area contributed by atoms with E-state index in [0.717, 1.165) is 13.1 Å². The van der Waals surface area contributed by atoms with Gasteiger partial charge < -0.3 is 14.4 Å². The first kappa shape index (κ1) is 18.2. The third-order valence-corrected chi connectivity index (χ3v) is 3.19. The second kappa shape index (κ2) is 6.97. The lowest BCUT2D eigenvalue weighted by Crippen LogP contribution is -2.46. The number of aromatic nitrogens is 2. The minimum absolute atomic E-state index is 0.190. The third-order valence-electron chi connectivity index (χ3n) is 3.19. The van der Waals surface area contributed by atoms with E-state index < -0.39 is 30.2 Å². The summed E-state index contributed by atoms with van der Waals surface area (Å²) in [5.74, 6) is -0.190. The quantitative estimate of drug-likeness (QED) is 0.840. The number of aryl methyl sites for hydroxylation is 1. The van der Waals surface area contributed by atoms with Crippen LogP contribution in [0.4, 0.5) is 23.8 Å². The van der Waals surface area contributed by atoms with Crippen LogP contribution in [0.1, 0.15) is 12.6 Å². The highest BCUT2D eigenvalue weighted by Crippen LogP contribution is 2.30. The Kier molecular flexibility index (Phi) is 5.78. The van der Waals surface area contributed by atoms with Crippen LogP contribution in [0.5, 0.6) is 0 Å². The first-order chi connectivity index (χ1) is 10.1. The molecule has 0 saturated carbocycles. The van der Waals surface area contributed by atoms with Gasteiger partial charge in [-0.25, -0.2) is 4.79 Å². The molecular formula is C12H19F3N4O3. The molecule has 10 heteroatoms. The Morgan fingerprint density at radius 2 is 1.95 bits per heavy atom. The summed E-state index contributed by atoms with van der Waals surface area (Å²) >= 11 is 0. The number of ether oxygens (including phenoxy) is 2. The molecule has 0 aliphatic heterocycles. The molecule has 0 fully saturated rings. The normalized spacial score (nSPS) is 13.3. The van der Waals surface area contributed by atoms with Crippen molar-refractivity contribution in [1.29, 1.82) is 0 Å². The van der Waals surface area contributed by atoms with Crippen LogP contribution in [0.15, 0.2) is 6.07 Å². The number of urea groups is 1. The lowest BCUT2D eigenvalue weighted by atomic mass is 10.3. The number of alkyl halides is 3. The van der Waals surface area contributed by atoms with Crippen molar-refractivity contribution >= 4 is 11.8 Å². The topological polar surface area (TPSA) is 68.6 Å². The van der Waals surface area contributed by atoms with E-state index in [1.165, 1.54) is 26.2 Å². The number of anilines is 1. The Hall–Kier alpha value is -1.81. The molecule has 1 unspecified atom stereocenters. The molecule has 0 aliphatic carbocycles. The molecule has 0 spiro atoms. The smallest absolute Gasteiger partial charge is 0.354 e. The van der Waals surface area contributed by atoms with Gasteiger partial charge in [0.2, 0.25) is 0 Å². The first-order valence-electron chi connectivity index (χ1n) is 6.32. The van der Waals surface area contributed by atoms with E-state index in [1.54, 1.807) is 6.92 Å². The van der Waals surface area contributed by atoms with E-state index in [2.05, 4.69) is 10.4 Å². The van der Waals surface area contributed by atoms with Gasteiger partial charge in [0.15, 0.2) is 12.1 Å². The first-order valence-corrected chi connectivity index (χ1v) is 6.32. The number of likely N-dealkylation sites (N-methyl/N-ethyl adjacent to an activating group) is 1. The molecule has 1 heterocycles. The zero-order valence-corrected chi connectivity index (χ0v) is 12.9. The Balaban J connectivity index is 2.81. The minimum atomic E-state index is -4.54. The number of methoxy groups -OCH3 is 2. The molecule has 2 amide bonds. The van der Waals surface area contributed by atoms with Crippen LogP contribution in [0.2, 0.25) is 0 Å². The summed E-state index contributed by atoms with van der Waals surface area (Å²) in [6.07, 6.45) is -5.20. The number of hydrogen-bond acceptors (Lipinski definition) is 4. The van der Waals surface area contributed by atoms with Gasteiger partial charge in [0.05, 0.1) is 6.04 Å². The van der Waals surface area contributed by atoms with E-state index in [-0.39, 0.29) is 5.82 Å². The Bertz CT molecular complexity index is 514. The van der Waals surface area contributed by atoms with Gasteiger partial charge in [-0.1, -0.05) is 0 Å². The molecule has 0 aromatic carbocycles. The average molecular weight is 324 g/mol. The molecule has 126 valence electrons. The SMILES string of the molecule is COC(OC)C(C)N(C)C(=O)Nc1cc(C(F)(F)F)n(C)n1. The maximum Gasteiger partial charge on any atom is 0.433 e. The number of amides is 2. The predicted octanol–water partition coefficient (Wildman–Crippen LogP) is 1.91. The van der Waals surface area contributed by atoms with Gasteiger partial charge in [-0.2, -0.15) is 18.3 Å². The van der Waals surface area contributed by atoms with Crippen LogP contribution in [0, 0.1) is 0 Å². The highest BCUT2D eigenvalue weighted by molar-refractivity contribution is 5.88. The average Bonchev–Trinajstić information content (AvgIpc) is 2.79. The number of nitrogens with one attached hydrogen (secondary N) is 1. The molecule has 1 aromatic heterocycles. The summed E-state index contributed by atoms with van der Waals surface area (Å²) < 4.78 is 48.7. The summed E-state index contributed by atoms with van der Waals surface area (Å²) in [5, 5.41) is 5.92. The highest BCUT2D eigenvalue weighted by atomic mass is 19.4. The van der Waals surface area contributed by atoms with E-state index in [1.807, 2.05) is 0 Å². The van der Waals surface area contributed by atoms with Crippen molar-refractivity contribution in [3.8, 4) is 0 Å². The lowest BCUT2D eigenvalue weighted by Gasteiger charge is -2.29. The summed E-state index contributed by atoms with van der Waals surface area (Å²) in [6, 6.07) is -0.320. The Labute approximate surface area is 126 Å². The second-order valence-corrected chi connectivity index (χ2v) is 4.66. The molecule has 1 rings (SSSR count). The Morgan fingerprint density at radius 3 is 2.36 bits per heavy atom. The standard InChI is InChI=1S/C12H19F3N4O3/c1-7(10(21-4)22-5)18(2)11(20)16-9-6-8(12(13,14)15)19(3)17-9/h6-7,10H,1-5H3,(H,16,17,20). The van der Waals surface area contributed by atoms with Crippen molar-refractivity contribution in [3.05, 3.63) is 11.8 Å². The van der Waals surface area contributed by atoms with Crippen molar-refractivity contribution < 1.29 is 27.4 Å². The summed E-state index contributed by atoms with van der Waals surface area (Å²) in [7, 11) is 5.46. The number of nitrogens with zero attached hydrogens (tertiary/aromatic N) is 3. The third kappa shape index (κ3) is 4.10. The Morgan fingerprint density at radius 1 is 1.41 bits per heavy atom. The van der Waals surface area contributed by atoms with Gasteiger partial charge in [0.1, 0.15) is 5.69 Å². The predicted molar refractivity (Wildman–Crippen MR) is 72.3 cm³/mol. The molecule has 0 radical (unpaired) electrons. The monoisotopic (exact) mass is 324 g/mol. The van der Waals surface area contributed by atoms with Gasteiger partial charge in [0, 0.05) is 34.4 Å². The van der Waals surface area contributed by atoms with Crippen molar-refractivity contribution in [2.24, 2.45) is 7.05 Å². The van der Waals surface area contributed by atoms with Crippen molar-refractivity contribution in [2.45, 2.75) is 25.4 Å². The second-order valence-electron chi connectivity index (χ2n) is 4.66. The van der Waals surface area contributed by atoms with Gasteiger partial charge in [-0.15, -0.1) is 0 Å². The van der Waals surface area contributed by atoms with Crippen LogP contribution >= 0.6 is 0 Å². The fourth-order valence-electron chi connectivity index (χ4n) is 1.85. The number of hydrogen-bond donors (Lipinski definition) is 1. The van der Waals surface area contributed by atoms with E-state index in [0.29, 0.717) is 4.68 Å². The zero-order valence-electron chi connectivity index (χ0n) is 12.9. The molecule has 0 aliphatic rings. The van der Waals surface area contributed by atoms with Crippen molar-refractivity contribution in [2.75, 3.05) is 26.6 Å². The number of halogens is 3. The summed E-state index contributed by atoms with van der Waals surface area (Å²) in [4.78, 5) is 13.3. The van der Waals surface area contributed by atoms with Gasteiger partial charge in [-0.3, -0.25) is 10.00 Å². The van der Waals surface area contributed by atoms with Crippen LogP contribution in [0.3, 0.4) is 0 Å². The van der Waals surface area contributed by atoms with Crippen LogP contribution in [0.25, 0.3) is 0 Å². The summed E-state index contributed by atoms with van der Waals surface area (Å²) in [5.41, 5.74) is -0.954. The van der Waals surface area contributed by atoms with Crippen molar-refractivity contribution in [3.63, 3.8) is 0 Å². The highest BCUT2D eigenvalue weighted by Gasteiger charge is 2.35. The molecular weight excluding hydrogens is 305 g/mol. The van der Waals surface area contributed by atoms with Crippen LogP contribution in [-0.4, -0.2) is 54.3 Å². The largest absolute Gasteiger partial charge is 0.433 e. The van der Waals surface area contributed by atoms with Crippen LogP contribution < -0.4 is 5.32 Å².